The minimum Gasteiger partial charge on any atom is -0.440 e. The first-order valence-corrected chi connectivity index (χ1v) is 8.29. The Kier molecular flexibility index (Phi) is 3.49. The van der Waals surface area contributed by atoms with Crippen molar-refractivity contribution in [3.05, 3.63) is 24.1 Å². The van der Waals surface area contributed by atoms with Crippen molar-refractivity contribution in [2.24, 2.45) is 0 Å². The molecule has 3 N–H and O–H groups in total. The lowest BCUT2D eigenvalue weighted by atomic mass is 10.0. The van der Waals surface area contributed by atoms with Gasteiger partial charge in [0.05, 0.1) is 5.60 Å². The van der Waals surface area contributed by atoms with Crippen LogP contribution in [0.2, 0.25) is 0 Å². The van der Waals surface area contributed by atoms with Gasteiger partial charge in [-0.15, -0.1) is 0 Å². The molecule has 0 spiro atoms. The molecule has 2 aliphatic carbocycles. The Balaban J connectivity index is 1.39. The second kappa shape index (κ2) is 5.53. The molecule has 0 aliphatic heterocycles. The standard InChI is InChI=1S/C17H21N3O3/c21-16(18-10-17(22)7-1-2-8-17)19-12-5-6-14-13(9-12)20-15(23-14)11-3-4-11/h5-6,9,11,22H,1-4,7-8,10H2,(H2,18,19,21). The van der Waals surface area contributed by atoms with Crippen LogP contribution in [-0.4, -0.2) is 28.3 Å². The molecule has 2 aliphatic rings. The molecule has 2 saturated carbocycles. The third kappa shape index (κ3) is 3.17. The quantitative estimate of drug-likeness (QED) is 0.809. The number of fused-ring (bicyclic) bond motifs is 1. The highest BCUT2D eigenvalue weighted by atomic mass is 16.3. The van der Waals surface area contributed by atoms with Gasteiger partial charge in [-0.05, 0) is 43.9 Å². The lowest BCUT2D eigenvalue weighted by Crippen LogP contribution is -2.42. The lowest BCUT2D eigenvalue weighted by molar-refractivity contribution is 0.0506. The van der Waals surface area contributed by atoms with E-state index in [4.69, 9.17) is 4.42 Å². The number of carbonyl (C=O) groups excluding carboxylic acids is 1. The number of nitrogens with one attached hydrogen (secondary N) is 2. The number of aliphatic hydroxyl groups is 1. The number of urea groups is 1. The maximum absolute atomic E-state index is 12.0. The largest absolute Gasteiger partial charge is 0.440 e. The Morgan fingerprint density at radius 3 is 2.87 bits per heavy atom. The third-order valence-corrected chi connectivity index (χ3v) is 4.70. The van der Waals surface area contributed by atoms with E-state index in [1.54, 1.807) is 6.07 Å². The van der Waals surface area contributed by atoms with Crippen LogP contribution in [0.4, 0.5) is 10.5 Å². The van der Waals surface area contributed by atoms with E-state index in [-0.39, 0.29) is 12.6 Å². The SMILES string of the molecule is O=C(NCC1(O)CCCC1)Nc1ccc2oc(C3CC3)nc2c1. The average Bonchev–Trinajstić information content (AvgIpc) is 3.16. The smallest absolute Gasteiger partial charge is 0.319 e. The summed E-state index contributed by atoms with van der Waals surface area (Å²) in [5.41, 5.74) is 1.44. The van der Waals surface area contributed by atoms with Crippen molar-refractivity contribution in [1.29, 1.82) is 0 Å². The van der Waals surface area contributed by atoms with Gasteiger partial charge in [-0.3, -0.25) is 0 Å². The normalized spacial score (nSPS) is 19.9. The highest BCUT2D eigenvalue weighted by molar-refractivity contribution is 5.91. The summed E-state index contributed by atoms with van der Waals surface area (Å²) in [6.07, 6.45) is 5.83. The van der Waals surface area contributed by atoms with Crippen molar-refractivity contribution in [3.8, 4) is 0 Å². The molecule has 0 bridgehead atoms. The minimum absolute atomic E-state index is 0.289. The van der Waals surface area contributed by atoms with Gasteiger partial charge in [0.2, 0.25) is 0 Å². The van der Waals surface area contributed by atoms with Crippen LogP contribution in [0.3, 0.4) is 0 Å². The number of oxazole rings is 1. The Hall–Kier alpha value is -2.08. The second-order valence-electron chi connectivity index (χ2n) is 6.75. The van der Waals surface area contributed by atoms with Crippen molar-refractivity contribution in [2.75, 3.05) is 11.9 Å². The summed E-state index contributed by atoms with van der Waals surface area (Å²) >= 11 is 0. The highest BCUT2D eigenvalue weighted by Gasteiger charge is 2.31. The Labute approximate surface area is 134 Å². The summed E-state index contributed by atoms with van der Waals surface area (Å²) in [6.45, 7) is 0.289. The number of hydrogen-bond acceptors (Lipinski definition) is 4. The maximum Gasteiger partial charge on any atom is 0.319 e. The van der Waals surface area contributed by atoms with Gasteiger partial charge in [-0.1, -0.05) is 12.8 Å². The first-order valence-electron chi connectivity index (χ1n) is 8.29. The number of nitrogens with zero attached hydrogens (tertiary/aromatic N) is 1. The molecule has 2 aromatic rings. The van der Waals surface area contributed by atoms with Crippen LogP contribution in [0.5, 0.6) is 0 Å². The van der Waals surface area contributed by atoms with Crippen LogP contribution in [0.25, 0.3) is 11.1 Å². The number of aromatic nitrogens is 1. The summed E-state index contributed by atoms with van der Waals surface area (Å²) in [5.74, 6) is 1.26. The van der Waals surface area contributed by atoms with Crippen LogP contribution in [0, 0.1) is 0 Å². The van der Waals surface area contributed by atoms with Crippen molar-refractivity contribution < 1.29 is 14.3 Å². The second-order valence-corrected chi connectivity index (χ2v) is 6.75. The van der Waals surface area contributed by atoms with Crippen LogP contribution in [0.15, 0.2) is 22.6 Å². The molecule has 122 valence electrons. The average molecular weight is 315 g/mol. The first kappa shape index (κ1) is 14.5. The van der Waals surface area contributed by atoms with E-state index in [1.165, 1.54) is 0 Å². The first-order chi connectivity index (χ1) is 11.1. The fourth-order valence-corrected chi connectivity index (χ4v) is 3.16. The van der Waals surface area contributed by atoms with Crippen molar-refractivity contribution in [1.82, 2.24) is 10.3 Å². The van der Waals surface area contributed by atoms with Crippen molar-refractivity contribution in [3.63, 3.8) is 0 Å². The summed E-state index contributed by atoms with van der Waals surface area (Å²) in [7, 11) is 0. The van der Waals surface area contributed by atoms with E-state index in [0.29, 0.717) is 11.6 Å². The molecule has 6 heteroatoms. The van der Waals surface area contributed by atoms with Gasteiger partial charge in [0.15, 0.2) is 11.5 Å². The van der Waals surface area contributed by atoms with Gasteiger partial charge in [0, 0.05) is 18.2 Å². The summed E-state index contributed by atoms with van der Waals surface area (Å²) in [4.78, 5) is 16.5. The van der Waals surface area contributed by atoms with E-state index < -0.39 is 5.60 Å². The number of rotatable bonds is 4. The Morgan fingerprint density at radius 2 is 2.13 bits per heavy atom. The van der Waals surface area contributed by atoms with Crippen molar-refractivity contribution >= 4 is 22.8 Å². The molecule has 0 atom stereocenters. The fraction of sp³-hybridized carbons (Fsp3) is 0.529. The van der Waals surface area contributed by atoms with E-state index in [9.17, 15) is 9.90 Å². The van der Waals surface area contributed by atoms with Gasteiger partial charge in [0.1, 0.15) is 5.52 Å². The van der Waals surface area contributed by atoms with Crippen LogP contribution >= 0.6 is 0 Å². The molecular weight excluding hydrogens is 294 g/mol. The maximum atomic E-state index is 12.0. The molecule has 1 aromatic heterocycles. The van der Waals surface area contributed by atoms with Crippen LogP contribution < -0.4 is 10.6 Å². The van der Waals surface area contributed by atoms with Crippen LogP contribution in [-0.2, 0) is 0 Å². The van der Waals surface area contributed by atoms with Gasteiger partial charge >= 0.3 is 6.03 Å². The molecule has 2 fully saturated rings. The van der Waals surface area contributed by atoms with Gasteiger partial charge in [-0.25, -0.2) is 9.78 Å². The Morgan fingerprint density at radius 1 is 1.35 bits per heavy atom. The zero-order chi connectivity index (χ0) is 15.9. The fourth-order valence-electron chi connectivity index (χ4n) is 3.16. The molecule has 2 amide bonds. The zero-order valence-electron chi connectivity index (χ0n) is 13.0. The number of carbonyl (C=O) groups is 1. The summed E-state index contributed by atoms with van der Waals surface area (Å²) in [5, 5.41) is 15.8. The van der Waals surface area contributed by atoms with Gasteiger partial charge in [0.25, 0.3) is 0 Å². The molecule has 1 heterocycles. The monoisotopic (exact) mass is 315 g/mol. The number of amides is 2. The van der Waals surface area contributed by atoms with Crippen LogP contribution in [0.1, 0.15) is 50.3 Å². The summed E-state index contributed by atoms with van der Waals surface area (Å²) < 4.78 is 5.71. The van der Waals surface area contributed by atoms with E-state index >= 15 is 0 Å². The lowest BCUT2D eigenvalue weighted by Gasteiger charge is -2.22. The predicted octanol–water partition coefficient (Wildman–Crippen LogP) is 3.13. The van der Waals surface area contributed by atoms with E-state index in [1.807, 2.05) is 12.1 Å². The number of benzene rings is 1. The van der Waals surface area contributed by atoms with E-state index in [2.05, 4.69) is 15.6 Å². The van der Waals surface area contributed by atoms with Gasteiger partial charge in [-0.2, -0.15) is 0 Å². The molecular formula is C17H21N3O3. The predicted molar refractivity (Wildman–Crippen MR) is 86.4 cm³/mol. The summed E-state index contributed by atoms with van der Waals surface area (Å²) in [6, 6.07) is 5.13. The zero-order valence-corrected chi connectivity index (χ0v) is 13.0. The Bertz CT molecular complexity index is 730. The van der Waals surface area contributed by atoms with Gasteiger partial charge < -0.3 is 20.2 Å². The third-order valence-electron chi connectivity index (χ3n) is 4.70. The van der Waals surface area contributed by atoms with E-state index in [0.717, 1.165) is 55.5 Å². The highest BCUT2D eigenvalue weighted by Crippen LogP contribution is 2.40. The minimum atomic E-state index is -0.743. The molecule has 0 saturated heterocycles. The molecule has 0 unspecified atom stereocenters. The molecule has 1 aromatic carbocycles. The molecule has 23 heavy (non-hydrogen) atoms. The number of hydrogen-bond donors (Lipinski definition) is 3. The molecule has 6 nitrogen and oxygen atoms in total. The number of anilines is 1. The molecule has 4 rings (SSSR count). The molecule has 0 radical (unpaired) electrons. The topological polar surface area (TPSA) is 87.4 Å². The van der Waals surface area contributed by atoms with Crippen molar-refractivity contribution in [2.45, 2.75) is 50.0 Å².